The van der Waals surface area contributed by atoms with E-state index in [-0.39, 0.29) is 12.5 Å². The van der Waals surface area contributed by atoms with Gasteiger partial charge in [0.05, 0.1) is 6.54 Å². The Kier molecular flexibility index (Phi) is 5.33. The third-order valence-corrected chi connectivity index (χ3v) is 2.94. The van der Waals surface area contributed by atoms with Gasteiger partial charge in [-0.3, -0.25) is 4.79 Å². The molecule has 0 atom stereocenters. The maximum atomic E-state index is 11.9. The minimum absolute atomic E-state index is 0.0460. The zero-order valence-corrected chi connectivity index (χ0v) is 12.4. The minimum atomic E-state index is 0.0460. The van der Waals surface area contributed by atoms with Gasteiger partial charge in [0.1, 0.15) is 10.4 Å². The zero-order chi connectivity index (χ0) is 13.7. The molecule has 2 N–H and O–H groups in total. The van der Waals surface area contributed by atoms with Gasteiger partial charge < -0.3 is 15.5 Å². The van der Waals surface area contributed by atoms with Gasteiger partial charge in [0, 0.05) is 26.2 Å². The van der Waals surface area contributed by atoms with E-state index < -0.39 is 0 Å². The Morgan fingerprint density at radius 1 is 1.39 bits per heavy atom. The zero-order valence-electron chi connectivity index (χ0n) is 10.9. The van der Waals surface area contributed by atoms with E-state index in [0.29, 0.717) is 29.5 Å². The number of carbonyl (C=O) groups excluding carboxylic acids is 1. The SMILES string of the molecule is CCN(CC)C(=O)CN(C)c1nc(N)cc(Br)n1. The van der Waals surface area contributed by atoms with Crippen molar-refractivity contribution in [3.63, 3.8) is 0 Å². The average molecular weight is 316 g/mol. The molecule has 0 saturated heterocycles. The lowest BCUT2D eigenvalue weighted by Crippen LogP contribution is -2.39. The van der Waals surface area contributed by atoms with Gasteiger partial charge >= 0.3 is 0 Å². The topological polar surface area (TPSA) is 75.4 Å². The molecule has 1 amide bonds. The molecule has 0 aliphatic heterocycles. The molecule has 0 saturated carbocycles. The summed E-state index contributed by atoms with van der Waals surface area (Å²) >= 11 is 3.25. The van der Waals surface area contributed by atoms with Crippen molar-refractivity contribution >= 4 is 33.6 Å². The molecule has 0 spiro atoms. The number of carbonyl (C=O) groups is 1. The minimum Gasteiger partial charge on any atom is -0.383 e. The van der Waals surface area contributed by atoms with E-state index in [0.717, 1.165) is 0 Å². The van der Waals surface area contributed by atoms with Crippen LogP contribution < -0.4 is 10.6 Å². The van der Waals surface area contributed by atoms with E-state index in [1.54, 1.807) is 22.9 Å². The molecule has 0 radical (unpaired) electrons. The molecule has 7 heteroatoms. The van der Waals surface area contributed by atoms with Gasteiger partial charge in [-0.25, -0.2) is 4.98 Å². The van der Waals surface area contributed by atoms with Crippen molar-refractivity contribution in [2.24, 2.45) is 0 Å². The van der Waals surface area contributed by atoms with Crippen molar-refractivity contribution in [2.45, 2.75) is 13.8 Å². The number of nitrogens with two attached hydrogens (primary N) is 1. The quantitative estimate of drug-likeness (QED) is 0.824. The number of amides is 1. The maximum Gasteiger partial charge on any atom is 0.242 e. The van der Waals surface area contributed by atoms with Crippen molar-refractivity contribution in [2.75, 3.05) is 37.3 Å². The molecule has 0 bridgehead atoms. The number of aromatic nitrogens is 2. The predicted molar refractivity (Wildman–Crippen MR) is 75.3 cm³/mol. The molecule has 1 rings (SSSR count). The fourth-order valence-corrected chi connectivity index (χ4v) is 1.94. The second kappa shape index (κ2) is 6.53. The number of likely N-dealkylation sites (N-methyl/N-ethyl adjacent to an activating group) is 2. The normalized spacial score (nSPS) is 10.2. The monoisotopic (exact) mass is 315 g/mol. The second-order valence-electron chi connectivity index (χ2n) is 3.84. The Labute approximate surface area is 115 Å². The Bertz CT molecular complexity index is 402. The molecule has 100 valence electrons. The highest BCUT2D eigenvalue weighted by molar-refractivity contribution is 9.10. The van der Waals surface area contributed by atoms with Crippen LogP contribution in [0.25, 0.3) is 0 Å². The summed E-state index contributed by atoms with van der Waals surface area (Å²) in [6, 6.07) is 1.61. The number of hydrogen-bond acceptors (Lipinski definition) is 5. The fraction of sp³-hybridized carbons (Fsp3) is 0.545. The molecular weight excluding hydrogens is 298 g/mol. The predicted octanol–water partition coefficient (Wildman–Crippen LogP) is 1.13. The van der Waals surface area contributed by atoms with Gasteiger partial charge in [0.2, 0.25) is 11.9 Å². The molecule has 0 aliphatic carbocycles. The van der Waals surface area contributed by atoms with Gasteiger partial charge in [-0.05, 0) is 29.8 Å². The lowest BCUT2D eigenvalue weighted by molar-refractivity contribution is -0.129. The summed E-state index contributed by atoms with van der Waals surface area (Å²) in [6.07, 6.45) is 0. The third-order valence-electron chi connectivity index (χ3n) is 2.53. The molecule has 0 fully saturated rings. The van der Waals surface area contributed by atoms with E-state index in [4.69, 9.17) is 5.73 Å². The van der Waals surface area contributed by atoms with Crippen molar-refractivity contribution in [3.8, 4) is 0 Å². The Morgan fingerprint density at radius 2 is 2.00 bits per heavy atom. The van der Waals surface area contributed by atoms with Crippen LogP contribution in [0.15, 0.2) is 10.7 Å². The highest BCUT2D eigenvalue weighted by Gasteiger charge is 2.15. The van der Waals surface area contributed by atoms with Crippen molar-refractivity contribution < 1.29 is 4.79 Å². The van der Waals surface area contributed by atoms with Gasteiger partial charge in [-0.15, -0.1) is 0 Å². The average Bonchev–Trinajstić information content (AvgIpc) is 2.29. The summed E-state index contributed by atoms with van der Waals surface area (Å²) in [5.41, 5.74) is 5.64. The highest BCUT2D eigenvalue weighted by atomic mass is 79.9. The first kappa shape index (κ1) is 14.7. The number of halogens is 1. The standard InChI is InChI=1S/C11H18BrN5O/c1-4-17(5-2)10(18)7-16(3)11-14-8(12)6-9(13)15-11/h6H,4-5,7H2,1-3H3,(H2,13,14,15). The maximum absolute atomic E-state index is 11.9. The first-order chi connectivity index (χ1) is 8.47. The molecule has 1 heterocycles. The van der Waals surface area contributed by atoms with Gasteiger partial charge in [-0.1, -0.05) is 0 Å². The summed E-state index contributed by atoms with van der Waals surface area (Å²) in [6.45, 7) is 5.54. The highest BCUT2D eigenvalue weighted by Crippen LogP contribution is 2.14. The molecule has 1 aromatic rings. The Hall–Kier alpha value is -1.37. The van der Waals surface area contributed by atoms with Crippen molar-refractivity contribution in [1.29, 1.82) is 0 Å². The van der Waals surface area contributed by atoms with E-state index in [1.807, 2.05) is 13.8 Å². The van der Waals surface area contributed by atoms with Crippen LogP contribution in [0.1, 0.15) is 13.8 Å². The van der Waals surface area contributed by atoms with Crippen molar-refractivity contribution in [3.05, 3.63) is 10.7 Å². The van der Waals surface area contributed by atoms with Gasteiger partial charge in [0.15, 0.2) is 0 Å². The van der Waals surface area contributed by atoms with E-state index in [2.05, 4.69) is 25.9 Å². The van der Waals surface area contributed by atoms with Gasteiger partial charge in [0.25, 0.3) is 0 Å². The number of rotatable bonds is 5. The summed E-state index contributed by atoms with van der Waals surface area (Å²) in [5.74, 6) is 0.848. The molecular formula is C11H18BrN5O. The summed E-state index contributed by atoms with van der Waals surface area (Å²) in [5, 5.41) is 0. The fourth-order valence-electron chi connectivity index (χ4n) is 1.54. The summed E-state index contributed by atoms with van der Waals surface area (Å²) < 4.78 is 0.604. The lowest BCUT2D eigenvalue weighted by Gasteiger charge is -2.23. The smallest absolute Gasteiger partial charge is 0.242 e. The number of nitrogens with zero attached hydrogens (tertiary/aromatic N) is 4. The molecule has 18 heavy (non-hydrogen) atoms. The van der Waals surface area contributed by atoms with Crippen LogP contribution in [0.3, 0.4) is 0 Å². The molecule has 0 aromatic carbocycles. The number of hydrogen-bond donors (Lipinski definition) is 1. The second-order valence-corrected chi connectivity index (χ2v) is 4.65. The molecule has 1 aromatic heterocycles. The van der Waals surface area contributed by atoms with Crippen molar-refractivity contribution in [1.82, 2.24) is 14.9 Å². The van der Waals surface area contributed by atoms with Crippen LogP contribution in [0, 0.1) is 0 Å². The van der Waals surface area contributed by atoms with Crippen LogP contribution in [0.5, 0.6) is 0 Å². The summed E-state index contributed by atoms with van der Waals surface area (Å²) in [4.78, 5) is 23.7. The number of nitrogen functional groups attached to an aromatic ring is 1. The number of anilines is 2. The molecule has 6 nitrogen and oxygen atoms in total. The molecule has 0 aliphatic rings. The van der Waals surface area contributed by atoms with E-state index >= 15 is 0 Å². The van der Waals surface area contributed by atoms with Crippen LogP contribution in [0.4, 0.5) is 11.8 Å². The lowest BCUT2D eigenvalue weighted by atomic mass is 10.4. The van der Waals surface area contributed by atoms with E-state index in [1.165, 1.54) is 0 Å². The summed E-state index contributed by atoms with van der Waals surface area (Å²) in [7, 11) is 1.77. The van der Waals surface area contributed by atoms with Gasteiger partial charge in [-0.2, -0.15) is 4.98 Å². The molecule has 0 unspecified atom stereocenters. The van der Waals surface area contributed by atoms with Crippen LogP contribution in [0.2, 0.25) is 0 Å². The van der Waals surface area contributed by atoms with Crippen LogP contribution >= 0.6 is 15.9 Å². The first-order valence-corrected chi connectivity index (χ1v) is 6.56. The third kappa shape index (κ3) is 3.83. The van der Waals surface area contributed by atoms with Crippen LogP contribution in [-0.4, -0.2) is 47.5 Å². The largest absolute Gasteiger partial charge is 0.383 e. The Morgan fingerprint density at radius 3 is 2.50 bits per heavy atom. The Balaban J connectivity index is 2.75. The first-order valence-electron chi connectivity index (χ1n) is 5.76. The van der Waals surface area contributed by atoms with E-state index in [9.17, 15) is 4.79 Å². The van der Waals surface area contributed by atoms with Crippen LogP contribution in [-0.2, 0) is 4.79 Å².